The molecule has 2 N–H and O–H groups in total. The van der Waals surface area contributed by atoms with Crippen LogP contribution in [0, 0.1) is 0 Å². The van der Waals surface area contributed by atoms with Crippen molar-refractivity contribution in [2.45, 2.75) is 0 Å². The number of rotatable bonds is 2. The number of aromatic nitrogens is 2. The van der Waals surface area contributed by atoms with Crippen molar-refractivity contribution < 1.29 is 4.79 Å². The first kappa shape index (κ1) is 10.5. The molecule has 0 spiro atoms. The van der Waals surface area contributed by atoms with Crippen LogP contribution in [0.1, 0.15) is 16.1 Å². The summed E-state index contributed by atoms with van der Waals surface area (Å²) in [6.45, 7) is 0. The van der Waals surface area contributed by atoms with Crippen LogP contribution in [0.15, 0.2) is 54.7 Å². The maximum absolute atomic E-state index is 12.2. The molecule has 4 nitrogen and oxygen atoms in total. The molecule has 0 radical (unpaired) electrons. The maximum atomic E-state index is 12.2. The third kappa shape index (κ3) is 1.64. The van der Waals surface area contributed by atoms with Crippen LogP contribution >= 0.6 is 0 Å². The molecule has 2 aromatic heterocycles. The van der Waals surface area contributed by atoms with E-state index in [1.54, 1.807) is 28.8 Å². The van der Waals surface area contributed by atoms with Crippen LogP contribution in [0.4, 0.5) is 5.82 Å². The lowest BCUT2D eigenvalue weighted by Crippen LogP contribution is -2.01. The summed E-state index contributed by atoms with van der Waals surface area (Å²) < 4.78 is 1.70. The lowest BCUT2D eigenvalue weighted by Gasteiger charge is -1.96. The van der Waals surface area contributed by atoms with Gasteiger partial charge in [-0.1, -0.05) is 36.4 Å². The fourth-order valence-electron chi connectivity index (χ4n) is 1.88. The normalized spacial score (nSPS) is 10.7. The molecule has 0 amide bonds. The monoisotopic (exact) mass is 237 g/mol. The van der Waals surface area contributed by atoms with Crippen LogP contribution in [-0.4, -0.2) is 15.2 Å². The number of carbonyl (C=O) groups is 1. The van der Waals surface area contributed by atoms with Crippen molar-refractivity contribution in [3.63, 3.8) is 0 Å². The molecule has 0 aliphatic rings. The van der Waals surface area contributed by atoms with Gasteiger partial charge in [-0.05, 0) is 12.1 Å². The van der Waals surface area contributed by atoms with Gasteiger partial charge in [0.05, 0.1) is 0 Å². The predicted molar refractivity (Wildman–Crippen MR) is 69.5 cm³/mol. The number of nitrogen functional groups attached to an aromatic ring is 1. The van der Waals surface area contributed by atoms with E-state index >= 15 is 0 Å². The minimum absolute atomic E-state index is 0.0984. The summed E-state index contributed by atoms with van der Waals surface area (Å²) in [6, 6.07) is 14.5. The van der Waals surface area contributed by atoms with E-state index in [9.17, 15) is 4.79 Å². The topological polar surface area (TPSA) is 60.4 Å². The number of nitrogens with zero attached hydrogens (tertiary/aromatic N) is 2. The number of anilines is 1. The molecule has 0 aliphatic carbocycles. The SMILES string of the molecule is Nc1cccc2nc(C(=O)c3ccccc3)cn12. The van der Waals surface area contributed by atoms with Crippen molar-refractivity contribution in [3.05, 3.63) is 66.0 Å². The highest BCUT2D eigenvalue weighted by atomic mass is 16.1. The van der Waals surface area contributed by atoms with Crippen molar-refractivity contribution in [1.82, 2.24) is 9.38 Å². The Balaban J connectivity index is 2.10. The lowest BCUT2D eigenvalue weighted by atomic mass is 10.1. The van der Waals surface area contributed by atoms with Crippen LogP contribution in [0.25, 0.3) is 5.65 Å². The number of imidazole rings is 1. The van der Waals surface area contributed by atoms with Gasteiger partial charge in [-0.3, -0.25) is 9.20 Å². The Bertz CT molecular complexity index is 716. The molecule has 0 bridgehead atoms. The molecule has 0 unspecified atom stereocenters. The lowest BCUT2D eigenvalue weighted by molar-refractivity contribution is 0.103. The van der Waals surface area contributed by atoms with Gasteiger partial charge in [-0.2, -0.15) is 0 Å². The Kier molecular flexibility index (Phi) is 2.34. The van der Waals surface area contributed by atoms with Gasteiger partial charge >= 0.3 is 0 Å². The van der Waals surface area contributed by atoms with Crippen LogP contribution in [0.5, 0.6) is 0 Å². The van der Waals surface area contributed by atoms with E-state index in [0.717, 1.165) is 0 Å². The molecule has 3 aromatic rings. The molecule has 88 valence electrons. The summed E-state index contributed by atoms with van der Waals surface area (Å²) in [4.78, 5) is 16.5. The van der Waals surface area contributed by atoms with E-state index < -0.39 is 0 Å². The molecule has 4 heteroatoms. The number of pyridine rings is 1. The van der Waals surface area contributed by atoms with E-state index in [0.29, 0.717) is 22.7 Å². The highest BCUT2D eigenvalue weighted by Crippen LogP contribution is 2.13. The van der Waals surface area contributed by atoms with Crippen molar-refractivity contribution >= 4 is 17.2 Å². The second-order valence-corrected chi connectivity index (χ2v) is 4.00. The molecule has 0 saturated heterocycles. The Labute approximate surface area is 104 Å². The van der Waals surface area contributed by atoms with Crippen LogP contribution in [-0.2, 0) is 0 Å². The number of carbonyl (C=O) groups excluding carboxylic acids is 1. The first-order valence-electron chi connectivity index (χ1n) is 5.59. The first-order chi connectivity index (χ1) is 8.75. The molecule has 18 heavy (non-hydrogen) atoms. The smallest absolute Gasteiger partial charge is 0.212 e. The number of hydrogen-bond donors (Lipinski definition) is 1. The summed E-state index contributed by atoms with van der Waals surface area (Å²) in [6.07, 6.45) is 1.67. The Morgan fingerprint density at radius 3 is 2.56 bits per heavy atom. The molecule has 0 saturated carbocycles. The highest BCUT2D eigenvalue weighted by molar-refractivity contribution is 6.08. The van der Waals surface area contributed by atoms with Crippen LogP contribution < -0.4 is 5.73 Å². The minimum atomic E-state index is -0.0984. The Morgan fingerprint density at radius 1 is 1.06 bits per heavy atom. The molecular weight excluding hydrogens is 226 g/mol. The van der Waals surface area contributed by atoms with E-state index in [2.05, 4.69) is 4.98 Å². The van der Waals surface area contributed by atoms with Gasteiger partial charge in [0.2, 0.25) is 5.78 Å². The van der Waals surface area contributed by atoms with E-state index in [1.807, 2.05) is 30.3 Å². The standard InChI is InChI=1S/C14H11N3O/c15-12-7-4-8-13-16-11(9-17(12)13)14(18)10-5-2-1-3-6-10/h1-9H,15H2. The summed E-state index contributed by atoms with van der Waals surface area (Å²) >= 11 is 0. The predicted octanol–water partition coefficient (Wildman–Crippen LogP) is 2.15. The summed E-state index contributed by atoms with van der Waals surface area (Å²) in [7, 11) is 0. The molecule has 0 fully saturated rings. The Morgan fingerprint density at radius 2 is 1.83 bits per heavy atom. The van der Waals surface area contributed by atoms with Gasteiger partial charge in [-0.15, -0.1) is 0 Å². The van der Waals surface area contributed by atoms with Gasteiger partial charge in [-0.25, -0.2) is 4.98 Å². The van der Waals surface area contributed by atoms with Crippen molar-refractivity contribution in [3.8, 4) is 0 Å². The Hall–Kier alpha value is -2.62. The van der Waals surface area contributed by atoms with Gasteiger partial charge < -0.3 is 5.73 Å². The first-order valence-corrected chi connectivity index (χ1v) is 5.59. The van der Waals surface area contributed by atoms with Gasteiger partial charge in [0.25, 0.3) is 0 Å². The molecule has 3 rings (SSSR count). The van der Waals surface area contributed by atoms with E-state index in [4.69, 9.17) is 5.73 Å². The zero-order chi connectivity index (χ0) is 12.5. The van der Waals surface area contributed by atoms with Gasteiger partial charge in [0.15, 0.2) is 0 Å². The quantitative estimate of drug-likeness (QED) is 0.695. The van der Waals surface area contributed by atoms with Crippen molar-refractivity contribution in [2.24, 2.45) is 0 Å². The zero-order valence-electron chi connectivity index (χ0n) is 9.58. The molecule has 2 heterocycles. The average molecular weight is 237 g/mol. The third-order valence-corrected chi connectivity index (χ3v) is 2.79. The second-order valence-electron chi connectivity index (χ2n) is 4.00. The van der Waals surface area contributed by atoms with Crippen LogP contribution in [0.3, 0.4) is 0 Å². The largest absolute Gasteiger partial charge is 0.385 e. The van der Waals surface area contributed by atoms with Crippen LogP contribution in [0.2, 0.25) is 0 Å². The molecular formula is C14H11N3O. The summed E-state index contributed by atoms with van der Waals surface area (Å²) in [5.41, 5.74) is 7.52. The fraction of sp³-hybridized carbons (Fsp3) is 0. The van der Waals surface area contributed by atoms with Crippen molar-refractivity contribution in [2.75, 3.05) is 5.73 Å². The minimum Gasteiger partial charge on any atom is -0.385 e. The van der Waals surface area contributed by atoms with Crippen molar-refractivity contribution in [1.29, 1.82) is 0 Å². The van der Waals surface area contributed by atoms with E-state index in [-0.39, 0.29) is 5.78 Å². The zero-order valence-corrected chi connectivity index (χ0v) is 9.58. The number of nitrogens with two attached hydrogens (primary N) is 1. The van der Waals surface area contributed by atoms with E-state index in [1.165, 1.54) is 0 Å². The highest BCUT2D eigenvalue weighted by Gasteiger charge is 2.13. The summed E-state index contributed by atoms with van der Waals surface area (Å²) in [5.74, 6) is 0.464. The number of hydrogen-bond acceptors (Lipinski definition) is 3. The van der Waals surface area contributed by atoms with Gasteiger partial charge in [0.1, 0.15) is 17.2 Å². The molecule has 0 aliphatic heterocycles. The number of fused-ring (bicyclic) bond motifs is 1. The average Bonchev–Trinajstić information content (AvgIpc) is 2.84. The molecule has 0 atom stereocenters. The number of benzene rings is 1. The van der Waals surface area contributed by atoms with Gasteiger partial charge in [0, 0.05) is 11.8 Å². The third-order valence-electron chi connectivity index (χ3n) is 2.79. The maximum Gasteiger partial charge on any atom is 0.212 e. The fourth-order valence-corrected chi connectivity index (χ4v) is 1.88. The summed E-state index contributed by atoms with van der Waals surface area (Å²) in [5, 5.41) is 0. The number of ketones is 1. The molecule has 1 aromatic carbocycles. The second kappa shape index (κ2) is 4.00.